The number of rotatable bonds is 4. The highest BCUT2D eigenvalue weighted by Crippen LogP contribution is 2.29. The molecule has 16 heavy (non-hydrogen) atoms. The Kier molecular flexibility index (Phi) is 4.61. The Morgan fingerprint density at radius 1 is 1.31 bits per heavy atom. The second-order valence-corrected chi connectivity index (χ2v) is 7.79. The van der Waals surface area contributed by atoms with Crippen LogP contribution in [0.2, 0.25) is 0 Å². The molecule has 0 saturated heterocycles. The lowest BCUT2D eigenvalue weighted by molar-refractivity contribution is 0.585. The summed E-state index contributed by atoms with van der Waals surface area (Å²) in [5.41, 5.74) is 0. The van der Waals surface area contributed by atoms with Crippen LogP contribution >= 0.6 is 54.5 Å². The molecule has 0 spiro atoms. The molecule has 2 rings (SSSR count). The Bertz CT molecular complexity index is 464. The summed E-state index contributed by atoms with van der Waals surface area (Å²) in [6, 6.07) is 6.72. The number of halogens is 2. The highest BCUT2D eigenvalue weighted by Gasteiger charge is 2.10. The monoisotopic (exact) mass is 379 g/mol. The highest BCUT2D eigenvalue weighted by molar-refractivity contribution is 9.11. The number of hydrogen-bond acceptors (Lipinski definition) is 3. The molecule has 1 unspecified atom stereocenters. The minimum absolute atomic E-state index is 0.384. The highest BCUT2D eigenvalue weighted by atomic mass is 79.9. The predicted molar refractivity (Wildman–Crippen MR) is 79.3 cm³/mol. The first-order chi connectivity index (χ1) is 7.66. The Labute approximate surface area is 120 Å². The first-order valence-corrected chi connectivity index (χ1v) is 8.15. The zero-order valence-corrected chi connectivity index (χ0v) is 13.5. The molecule has 0 aliphatic rings. The van der Waals surface area contributed by atoms with Crippen molar-refractivity contribution in [3.05, 3.63) is 41.6 Å². The smallest absolute Gasteiger partial charge is 0.0701 e. The number of hydrogen-bond donors (Lipinski definition) is 1. The summed E-state index contributed by atoms with van der Waals surface area (Å²) in [6.07, 6.45) is 0. The molecule has 86 valence electrons. The van der Waals surface area contributed by atoms with Crippen LogP contribution in [0.1, 0.15) is 22.7 Å². The molecule has 0 aliphatic heterocycles. The Hall–Kier alpha value is 0.320. The van der Waals surface area contributed by atoms with Crippen LogP contribution in [-0.4, -0.2) is 0 Å². The van der Waals surface area contributed by atoms with Crippen molar-refractivity contribution < 1.29 is 0 Å². The molecule has 0 aliphatic carbocycles. The molecular weight excluding hydrogens is 370 g/mol. The molecule has 5 heteroatoms. The van der Waals surface area contributed by atoms with E-state index in [9.17, 15) is 0 Å². The van der Waals surface area contributed by atoms with Crippen LogP contribution in [0.15, 0.2) is 31.8 Å². The van der Waals surface area contributed by atoms with Gasteiger partial charge in [-0.2, -0.15) is 0 Å². The van der Waals surface area contributed by atoms with E-state index in [0.717, 1.165) is 6.54 Å². The van der Waals surface area contributed by atoms with Crippen LogP contribution in [0, 0.1) is 0 Å². The summed E-state index contributed by atoms with van der Waals surface area (Å²) in [5.74, 6) is 0. The van der Waals surface area contributed by atoms with Gasteiger partial charge in [-0.25, -0.2) is 0 Å². The third kappa shape index (κ3) is 3.17. The maximum Gasteiger partial charge on any atom is 0.0701 e. The largest absolute Gasteiger partial charge is 0.305 e. The molecule has 2 heterocycles. The van der Waals surface area contributed by atoms with Crippen molar-refractivity contribution in [2.75, 3.05) is 0 Å². The van der Waals surface area contributed by atoms with E-state index in [4.69, 9.17) is 0 Å². The molecule has 0 amide bonds. The minimum atomic E-state index is 0.384. The van der Waals surface area contributed by atoms with Gasteiger partial charge in [-0.05, 0) is 62.4 Å². The normalized spacial score (nSPS) is 12.9. The molecule has 0 radical (unpaired) electrons. The molecule has 2 aromatic heterocycles. The van der Waals surface area contributed by atoms with Gasteiger partial charge in [-0.1, -0.05) is 0 Å². The maximum atomic E-state index is 3.56. The lowest BCUT2D eigenvalue weighted by atomic mass is 10.2. The summed E-state index contributed by atoms with van der Waals surface area (Å²) in [7, 11) is 0. The average molecular weight is 381 g/mol. The van der Waals surface area contributed by atoms with Crippen LogP contribution in [0.25, 0.3) is 0 Å². The van der Waals surface area contributed by atoms with Gasteiger partial charge in [0.05, 0.1) is 3.79 Å². The first kappa shape index (κ1) is 12.8. The van der Waals surface area contributed by atoms with Crippen molar-refractivity contribution in [1.82, 2.24) is 5.32 Å². The molecule has 1 atom stereocenters. The predicted octanol–water partition coefficient (Wildman–Crippen LogP) is 5.19. The molecule has 1 nitrogen and oxygen atoms in total. The van der Waals surface area contributed by atoms with E-state index >= 15 is 0 Å². The van der Waals surface area contributed by atoms with Gasteiger partial charge in [-0.3, -0.25) is 0 Å². The van der Waals surface area contributed by atoms with E-state index in [1.54, 1.807) is 22.7 Å². The molecule has 0 saturated carbocycles. The van der Waals surface area contributed by atoms with Gasteiger partial charge in [0, 0.05) is 26.8 Å². The van der Waals surface area contributed by atoms with Gasteiger partial charge < -0.3 is 5.32 Å². The second kappa shape index (κ2) is 5.78. The fourth-order valence-corrected chi connectivity index (χ4v) is 4.59. The third-order valence-electron chi connectivity index (χ3n) is 2.25. The first-order valence-electron chi connectivity index (χ1n) is 4.87. The van der Waals surface area contributed by atoms with Gasteiger partial charge in [-0.15, -0.1) is 22.7 Å². The zero-order chi connectivity index (χ0) is 11.5. The quantitative estimate of drug-likeness (QED) is 0.769. The zero-order valence-electron chi connectivity index (χ0n) is 8.67. The van der Waals surface area contributed by atoms with E-state index in [0.29, 0.717) is 6.04 Å². The van der Waals surface area contributed by atoms with E-state index < -0.39 is 0 Å². The SMILES string of the molecule is CC(NCc1ccc(Br)s1)c1sccc1Br. The Morgan fingerprint density at radius 2 is 2.12 bits per heavy atom. The van der Waals surface area contributed by atoms with Crippen molar-refractivity contribution in [1.29, 1.82) is 0 Å². The Balaban J connectivity index is 1.93. The summed E-state index contributed by atoms with van der Waals surface area (Å²) in [4.78, 5) is 2.71. The summed E-state index contributed by atoms with van der Waals surface area (Å²) >= 11 is 10.6. The van der Waals surface area contributed by atoms with Crippen LogP contribution in [0.5, 0.6) is 0 Å². The van der Waals surface area contributed by atoms with Crippen LogP contribution < -0.4 is 5.32 Å². The van der Waals surface area contributed by atoms with Gasteiger partial charge in [0.2, 0.25) is 0 Å². The average Bonchev–Trinajstić information content (AvgIpc) is 2.84. The van der Waals surface area contributed by atoms with Crippen LogP contribution in [0.4, 0.5) is 0 Å². The van der Waals surface area contributed by atoms with Crippen molar-refractivity contribution in [3.8, 4) is 0 Å². The van der Waals surface area contributed by atoms with Crippen molar-refractivity contribution >= 4 is 54.5 Å². The summed E-state index contributed by atoms with van der Waals surface area (Å²) in [6.45, 7) is 3.11. The van der Waals surface area contributed by atoms with E-state index in [2.05, 4.69) is 67.7 Å². The van der Waals surface area contributed by atoms with Gasteiger partial charge in [0.15, 0.2) is 0 Å². The minimum Gasteiger partial charge on any atom is -0.305 e. The number of thiophene rings is 2. The topological polar surface area (TPSA) is 12.0 Å². The van der Waals surface area contributed by atoms with E-state index in [1.165, 1.54) is 18.0 Å². The molecular formula is C11H11Br2NS2. The van der Waals surface area contributed by atoms with E-state index in [1.807, 2.05) is 0 Å². The van der Waals surface area contributed by atoms with E-state index in [-0.39, 0.29) is 0 Å². The lowest BCUT2D eigenvalue weighted by Crippen LogP contribution is -2.16. The maximum absolute atomic E-state index is 3.56. The number of nitrogens with one attached hydrogen (secondary N) is 1. The molecule has 1 N–H and O–H groups in total. The standard InChI is InChI=1S/C11H11Br2NS2/c1-7(11-9(12)4-5-15-11)14-6-8-2-3-10(13)16-8/h2-5,7,14H,6H2,1H3. The molecule has 2 aromatic rings. The lowest BCUT2D eigenvalue weighted by Gasteiger charge is -2.11. The third-order valence-corrected chi connectivity index (χ3v) is 5.93. The van der Waals surface area contributed by atoms with Crippen LogP contribution in [-0.2, 0) is 6.54 Å². The fourth-order valence-electron chi connectivity index (χ4n) is 1.41. The van der Waals surface area contributed by atoms with Gasteiger partial charge >= 0.3 is 0 Å². The van der Waals surface area contributed by atoms with Crippen molar-refractivity contribution in [2.45, 2.75) is 19.5 Å². The van der Waals surface area contributed by atoms with Gasteiger partial charge in [0.25, 0.3) is 0 Å². The van der Waals surface area contributed by atoms with Crippen molar-refractivity contribution in [2.24, 2.45) is 0 Å². The molecule has 0 aromatic carbocycles. The Morgan fingerprint density at radius 3 is 2.69 bits per heavy atom. The van der Waals surface area contributed by atoms with Crippen LogP contribution in [0.3, 0.4) is 0 Å². The molecule has 0 fully saturated rings. The molecule has 0 bridgehead atoms. The second-order valence-electron chi connectivity index (χ2n) is 3.44. The fraction of sp³-hybridized carbons (Fsp3) is 0.273. The van der Waals surface area contributed by atoms with Gasteiger partial charge in [0.1, 0.15) is 0 Å². The summed E-state index contributed by atoms with van der Waals surface area (Å²) in [5, 5.41) is 5.64. The summed E-state index contributed by atoms with van der Waals surface area (Å²) < 4.78 is 2.39. The van der Waals surface area contributed by atoms with Crippen molar-refractivity contribution in [3.63, 3.8) is 0 Å².